The van der Waals surface area contributed by atoms with Gasteiger partial charge < -0.3 is 5.73 Å². The Morgan fingerprint density at radius 3 is 2.57 bits per heavy atom. The van der Waals surface area contributed by atoms with E-state index < -0.39 is 10.0 Å². The fourth-order valence-electron chi connectivity index (χ4n) is 1.67. The maximum absolute atomic E-state index is 12.2. The van der Waals surface area contributed by atoms with Crippen molar-refractivity contribution >= 4 is 21.8 Å². The summed E-state index contributed by atoms with van der Waals surface area (Å²) in [4.78, 5) is 0.260. The molecule has 0 aliphatic heterocycles. The molecule has 0 bridgehead atoms. The average molecular weight is 326 g/mol. The summed E-state index contributed by atoms with van der Waals surface area (Å²) in [7, 11) is -3.47. The van der Waals surface area contributed by atoms with Crippen molar-refractivity contribution in [2.75, 3.05) is 18.1 Å². The Morgan fingerprint density at radius 2 is 2.00 bits per heavy atom. The molecule has 0 saturated heterocycles. The van der Waals surface area contributed by atoms with Crippen molar-refractivity contribution in [1.82, 2.24) is 4.72 Å². The summed E-state index contributed by atoms with van der Waals surface area (Å²) < 4.78 is 27.2. The summed E-state index contributed by atoms with van der Waals surface area (Å²) in [6, 6.07) is 6.43. The highest BCUT2D eigenvalue weighted by molar-refractivity contribution is 7.99. The molecule has 0 aliphatic carbocycles. The molecule has 0 radical (unpaired) electrons. The van der Waals surface area contributed by atoms with Crippen LogP contribution in [0.15, 0.2) is 29.2 Å². The fraction of sp³-hybridized carbons (Fsp3) is 0.467. The number of hydrogen-bond donors (Lipinski definition) is 2. The second-order valence-corrected chi connectivity index (χ2v) is 7.65. The first-order valence-corrected chi connectivity index (χ1v) is 9.52. The number of nitrogens with one attached hydrogen (secondary N) is 1. The minimum absolute atomic E-state index is 0.0780. The molecule has 6 heteroatoms. The molecular weight excluding hydrogens is 304 g/mol. The van der Waals surface area contributed by atoms with Gasteiger partial charge in [0.1, 0.15) is 0 Å². The van der Waals surface area contributed by atoms with Crippen LogP contribution in [0.3, 0.4) is 0 Å². The van der Waals surface area contributed by atoms with Crippen LogP contribution in [0.5, 0.6) is 0 Å². The lowest BCUT2D eigenvalue weighted by Crippen LogP contribution is -2.33. The molecule has 0 fully saturated rings. The largest absolute Gasteiger partial charge is 0.320 e. The highest BCUT2D eigenvalue weighted by Gasteiger charge is 2.16. The monoisotopic (exact) mass is 326 g/mol. The summed E-state index contributed by atoms with van der Waals surface area (Å²) in [5, 5.41) is 0. The first kappa shape index (κ1) is 18.1. The van der Waals surface area contributed by atoms with Gasteiger partial charge in [0.15, 0.2) is 0 Å². The summed E-state index contributed by atoms with van der Waals surface area (Å²) in [5.74, 6) is 7.60. The third kappa shape index (κ3) is 6.53. The van der Waals surface area contributed by atoms with Gasteiger partial charge in [-0.1, -0.05) is 18.8 Å². The van der Waals surface area contributed by atoms with Crippen molar-refractivity contribution in [2.24, 2.45) is 5.73 Å². The molecule has 1 atom stereocenters. The van der Waals surface area contributed by atoms with Crippen LogP contribution in [-0.4, -0.2) is 32.5 Å². The third-order valence-electron chi connectivity index (χ3n) is 2.76. The lowest BCUT2D eigenvalue weighted by Gasteiger charge is -2.14. The first-order valence-electron chi connectivity index (χ1n) is 6.88. The Labute approximate surface area is 131 Å². The van der Waals surface area contributed by atoms with Crippen molar-refractivity contribution in [3.8, 4) is 11.8 Å². The molecular formula is C15H22N2O2S2. The smallest absolute Gasteiger partial charge is 0.240 e. The number of rotatable bonds is 7. The topological polar surface area (TPSA) is 72.2 Å². The third-order valence-corrected chi connectivity index (χ3v) is 5.29. The minimum atomic E-state index is -3.47. The molecule has 0 aromatic heterocycles. The van der Waals surface area contributed by atoms with Gasteiger partial charge in [-0.15, -0.1) is 0 Å². The van der Waals surface area contributed by atoms with Crippen molar-refractivity contribution in [1.29, 1.82) is 0 Å². The molecule has 0 spiro atoms. The van der Waals surface area contributed by atoms with E-state index in [4.69, 9.17) is 5.73 Å². The van der Waals surface area contributed by atoms with E-state index in [1.807, 2.05) is 18.7 Å². The molecule has 1 unspecified atom stereocenters. The molecule has 21 heavy (non-hydrogen) atoms. The number of thioether (sulfide) groups is 1. The molecule has 0 saturated carbocycles. The summed E-state index contributed by atoms with van der Waals surface area (Å²) in [5.41, 5.74) is 6.06. The Hall–Kier alpha value is -1.00. The highest BCUT2D eigenvalue weighted by atomic mass is 32.2. The molecule has 0 amide bonds. The SMILES string of the molecule is CCSCCC(C)NS(=O)(=O)c1ccc(C#CCN)cc1. The van der Waals surface area contributed by atoms with Crippen molar-refractivity contribution in [3.05, 3.63) is 29.8 Å². The van der Waals surface area contributed by atoms with Gasteiger partial charge in [0.2, 0.25) is 10.0 Å². The molecule has 0 heterocycles. The van der Waals surface area contributed by atoms with E-state index in [2.05, 4.69) is 23.5 Å². The van der Waals surface area contributed by atoms with Crippen LogP contribution in [0.4, 0.5) is 0 Å². The second-order valence-electron chi connectivity index (χ2n) is 4.54. The quantitative estimate of drug-likeness (QED) is 0.592. The van der Waals surface area contributed by atoms with E-state index in [-0.39, 0.29) is 17.5 Å². The zero-order valence-corrected chi connectivity index (χ0v) is 14.1. The molecule has 1 aromatic carbocycles. The van der Waals surface area contributed by atoms with Gasteiger partial charge in [-0.05, 0) is 49.1 Å². The number of nitrogens with two attached hydrogens (primary N) is 1. The standard InChI is InChI=1S/C15H22N2O2S2/c1-3-20-12-10-13(2)17-21(18,19)15-8-6-14(7-9-15)5-4-11-16/h6-9,13,17H,3,10-12,16H2,1-2H3. The van der Waals surface area contributed by atoms with E-state index >= 15 is 0 Å². The molecule has 0 aliphatic rings. The minimum Gasteiger partial charge on any atom is -0.320 e. The highest BCUT2D eigenvalue weighted by Crippen LogP contribution is 2.12. The van der Waals surface area contributed by atoms with Gasteiger partial charge in [-0.25, -0.2) is 13.1 Å². The lowest BCUT2D eigenvalue weighted by molar-refractivity contribution is 0.557. The van der Waals surface area contributed by atoms with Gasteiger partial charge in [0.05, 0.1) is 11.4 Å². The van der Waals surface area contributed by atoms with Crippen LogP contribution in [0.2, 0.25) is 0 Å². The van der Waals surface area contributed by atoms with E-state index in [1.54, 1.807) is 24.3 Å². The zero-order valence-electron chi connectivity index (χ0n) is 12.4. The van der Waals surface area contributed by atoms with Gasteiger partial charge in [0.25, 0.3) is 0 Å². The average Bonchev–Trinajstić information content (AvgIpc) is 2.45. The van der Waals surface area contributed by atoms with Crippen LogP contribution in [-0.2, 0) is 10.0 Å². The van der Waals surface area contributed by atoms with Gasteiger partial charge in [-0.2, -0.15) is 11.8 Å². The van der Waals surface area contributed by atoms with E-state index in [1.165, 1.54) is 0 Å². The second kappa shape index (κ2) is 9.11. The van der Waals surface area contributed by atoms with E-state index in [0.717, 1.165) is 23.5 Å². The summed E-state index contributed by atoms with van der Waals surface area (Å²) in [6.07, 6.45) is 0.817. The molecule has 116 valence electrons. The Kier molecular flexibility index (Phi) is 7.83. The van der Waals surface area contributed by atoms with E-state index in [9.17, 15) is 8.42 Å². The molecule has 1 rings (SSSR count). The summed E-state index contributed by atoms with van der Waals surface area (Å²) >= 11 is 1.81. The van der Waals surface area contributed by atoms with Gasteiger partial charge in [0, 0.05) is 11.6 Å². The Morgan fingerprint density at radius 1 is 1.33 bits per heavy atom. The van der Waals surface area contributed by atoms with Crippen LogP contribution in [0.25, 0.3) is 0 Å². The normalized spacial score (nSPS) is 12.5. The number of sulfonamides is 1. The van der Waals surface area contributed by atoms with Gasteiger partial charge >= 0.3 is 0 Å². The van der Waals surface area contributed by atoms with Crippen LogP contribution >= 0.6 is 11.8 Å². The van der Waals surface area contributed by atoms with Gasteiger partial charge in [-0.3, -0.25) is 0 Å². The van der Waals surface area contributed by atoms with E-state index in [0.29, 0.717) is 0 Å². The van der Waals surface area contributed by atoms with Crippen LogP contribution in [0.1, 0.15) is 25.8 Å². The summed E-state index contributed by atoms with van der Waals surface area (Å²) in [6.45, 7) is 4.26. The maximum Gasteiger partial charge on any atom is 0.240 e. The molecule has 4 nitrogen and oxygen atoms in total. The molecule has 3 N–H and O–H groups in total. The Bertz CT molecular complexity index is 586. The number of hydrogen-bond acceptors (Lipinski definition) is 4. The maximum atomic E-state index is 12.2. The van der Waals surface area contributed by atoms with Crippen LogP contribution < -0.4 is 10.5 Å². The predicted molar refractivity (Wildman–Crippen MR) is 89.8 cm³/mol. The Balaban J connectivity index is 2.69. The first-order chi connectivity index (χ1) is 9.99. The van der Waals surface area contributed by atoms with Crippen molar-refractivity contribution in [2.45, 2.75) is 31.2 Å². The number of benzene rings is 1. The zero-order chi connectivity index (χ0) is 15.7. The lowest BCUT2D eigenvalue weighted by atomic mass is 10.2. The predicted octanol–water partition coefficient (Wildman–Crippen LogP) is 1.81. The molecule has 1 aromatic rings. The van der Waals surface area contributed by atoms with Crippen LogP contribution in [0, 0.1) is 11.8 Å². The van der Waals surface area contributed by atoms with Crippen molar-refractivity contribution in [3.63, 3.8) is 0 Å². The van der Waals surface area contributed by atoms with Crippen molar-refractivity contribution < 1.29 is 8.42 Å². The fourth-order valence-corrected chi connectivity index (χ4v) is 3.75.